The van der Waals surface area contributed by atoms with Gasteiger partial charge in [-0.05, 0) is 43.0 Å². The summed E-state index contributed by atoms with van der Waals surface area (Å²) in [6, 6.07) is 6.77. The van der Waals surface area contributed by atoms with Crippen molar-refractivity contribution < 1.29 is 0 Å². The second-order valence-electron chi connectivity index (χ2n) is 5.23. The van der Waals surface area contributed by atoms with Crippen LogP contribution in [0, 0.1) is 0 Å². The molecular formula is C15H21N3. The van der Waals surface area contributed by atoms with Crippen LogP contribution < -0.4 is 5.32 Å². The zero-order valence-corrected chi connectivity index (χ0v) is 11.2. The van der Waals surface area contributed by atoms with Crippen LogP contribution in [0.15, 0.2) is 18.2 Å². The van der Waals surface area contributed by atoms with Gasteiger partial charge < -0.3 is 9.88 Å². The third kappa shape index (κ3) is 1.93. The minimum atomic E-state index is 0.670. The van der Waals surface area contributed by atoms with E-state index in [0.717, 1.165) is 18.5 Å². The number of fused-ring (bicyclic) bond motifs is 1. The Hall–Kier alpha value is -1.35. The number of aromatic nitrogens is 2. The van der Waals surface area contributed by atoms with E-state index >= 15 is 0 Å². The van der Waals surface area contributed by atoms with Crippen molar-refractivity contribution in [3.05, 3.63) is 29.6 Å². The molecule has 96 valence electrons. The van der Waals surface area contributed by atoms with Gasteiger partial charge in [0.05, 0.1) is 11.0 Å². The van der Waals surface area contributed by atoms with Gasteiger partial charge in [-0.3, -0.25) is 0 Å². The first-order valence-corrected chi connectivity index (χ1v) is 6.95. The Balaban J connectivity index is 2.01. The molecule has 0 radical (unpaired) electrons. The van der Waals surface area contributed by atoms with Crippen LogP contribution in [0.3, 0.4) is 0 Å². The van der Waals surface area contributed by atoms with E-state index in [-0.39, 0.29) is 0 Å². The number of hydrogen-bond acceptors (Lipinski definition) is 2. The van der Waals surface area contributed by atoms with E-state index in [0.29, 0.717) is 5.92 Å². The van der Waals surface area contributed by atoms with Crippen LogP contribution in [0.5, 0.6) is 0 Å². The summed E-state index contributed by atoms with van der Waals surface area (Å²) in [5, 5.41) is 3.49. The quantitative estimate of drug-likeness (QED) is 0.878. The standard InChI is InChI=1S/C15H21N3/c1-3-15-17-13-7-6-11(9-14(13)18(15)2)12-5-4-8-16-10-12/h6-7,9,12,16H,3-5,8,10H2,1-2H3. The molecule has 1 atom stereocenters. The first-order valence-electron chi connectivity index (χ1n) is 6.95. The predicted octanol–water partition coefficient (Wildman–Crippen LogP) is 2.60. The van der Waals surface area contributed by atoms with Crippen LogP contribution >= 0.6 is 0 Å². The molecule has 3 heteroatoms. The highest BCUT2D eigenvalue weighted by Gasteiger charge is 2.16. The maximum Gasteiger partial charge on any atom is 0.109 e. The van der Waals surface area contributed by atoms with Crippen molar-refractivity contribution in [1.29, 1.82) is 0 Å². The molecule has 1 aromatic carbocycles. The number of nitrogens with zero attached hydrogens (tertiary/aromatic N) is 2. The average molecular weight is 243 g/mol. The zero-order valence-electron chi connectivity index (χ0n) is 11.2. The molecule has 1 aliphatic rings. The van der Waals surface area contributed by atoms with Crippen molar-refractivity contribution >= 4 is 11.0 Å². The second kappa shape index (κ2) is 4.73. The zero-order chi connectivity index (χ0) is 12.5. The molecular weight excluding hydrogens is 222 g/mol. The lowest BCUT2D eigenvalue weighted by molar-refractivity contribution is 0.462. The molecule has 1 fully saturated rings. The molecule has 0 bridgehead atoms. The monoisotopic (exact) mass is 243 g/mol. The predicted molar refractivity (Wildman–Crippen MR) is 74.9 cm³/mol. The molecule has 0 spiro atoms. The molecule has 3 nitrogen and oxygen atoms in total. The molecule has 1 aliphatic heterocycles. The summed E-state index contributed by atoms with van der Waals surface area (Å²) >= 11 is 0. The van der Waals surface area contributed by atoms with E-state index in [9.17, 15) is 0 Å². The van der Waals surface area contributed by atoms with Gasteiger partial charge in [-0.1, -0.05) is 13.0 Å². The van der Waals surface area contributed by atoms with Gasteiger partial charge in [0.25, 0.3) is 0 Å². The van der Waals surface area contributed by atoms with E-state index in [1.807, 2.05) is 0 Å². The van der Waals surface area contributed by atoms with Gasteiger partial charge in [0.1, 0.15) is 5.82 Å². The van der Waals surface area contributed by atoms with Crippen LogP contribution in [0.2, 0.25) is 0 Å². The number of piperidine rings is 1. The second-order valence-corrected chi connectivity index (χ2v) is 5.23. The van der Waals surface area contributed by atoms with Gasteiger partial charge in [0.15, 0.2) is 0 Å². The third-order valence-electron chi connectivity index (χ3n) is 4.08. The minimum absolute atomic E-state index is 0.670. The normalized spacial score (nSPS) is 20.4. The van der Waals surface area contributed by atoms with Crippen LogP contribution in [0.1, 0.15) is 37.1 Å². The smallest absolute Gasteiger partial charge is 0.109 e. The van der Waals surface area contributed by atoms with Gasteiger partial charge in [-0.25, -0.2) is 4.98 Å². The summed E-state index contributed by atoms with van der Waals surface area (Å²) in [5.41, 5.74) is 3.86. The molecule has 18 heavy (non-hydrogen) atoms. The Morgan fingerprint density at radius 3 is 3.06 bits per heavy atom. The van der Waals surface area contributed by atoms with Crippen molar-refractivity contribution in [1.82, 2.24) is 14.9 Å². The summed E-state index contributed by atoms with van der Waals surface area (Å²) in [5.74, 6) is 1.84. The molecule has 3 rings (SSSR count). The number of rotatable bonds is 2. The maximum atomic E-state index is 4.66. The Morgan fingerprint density at radius 2 is 2.33 bits per heavy atom. The van der Waals surface area contributed by atoms with Crippen LogP contribution in [0.4, 0.5) is 0 Å². The maximum absolute atomic E-state index is 4.66. The summed E-state index contributed by atoms with van der Waals surface area (Å²) < 4.78 is 2.23. The number of imidazole rings is 1. The van der Waals surface area contributed by atoms with Crippen LogP contribution in [-0.2, 0) is 13.5 Å². The van der Waals surface area contributed by atoms with Crippen molar-refractivity contribution in [2.75, 3.05) is 13.1 Å². The summed E-state index contributed by atoms with van der Waals surface area (Å²) in [6.07, 6.45) is 3.58. The number of hydrogen-bond donors (Lipinski definition) is 1. The molecule has 2 aromatic rings. The lowest BCUT2D eigenvalue weighted by Gasteiger charge is -2.23. The van der Waals surface area contributed by atoms with E-state index in [1.165, 1.54) is 36.3 Å². The summed E-state index contributed by atoms with van der Waals surface area (Å²) in [4.78, 5) is 4.66. The molecule has 1 aromatic heterocycles. The molecule has 1 saturated heterocycles. The number of aryl methyl sites for hydroxylation is 2. The van der Waals surface area contributed by atoms with Crippen LogP contribution in [0.25, 0.3) is 11.0 Å². The van der Waals surface area contributed by atoms with E-state index in [2.05, 4.69) is 47.0 Å². The molecule has 0 aliphatic carbocycles. The number of nitrogens with one attached hydrogen (secondary N) is 1. The van der Waals surface area contributed by atoms with Gasteiger partial charge in [0, 0.05) is 20.0 Å². The van der Waals surface area contributed by atoms with Crippen molar-refractivity contribution in [3.63, 3.8) is 0 Å². The Bertz CT molecular complexity index is 550. The lowest BCUT2D eigenvalue weighted by atomic mass is 9.91. The van der Waals surface area contributed by atoms with Crippen LogP contribution in [-0.4, -0.2) is 22.6 Å². The Kier molecular flexibility index (Phi) is 3.08. The molecule has 0 saturated carbocycles. The molecule has 1 N–H and O–H groups in total. The van der Waals surface area contributed by atoms with Gasteiger partial charge in [-0.15, -0.1) is 0 Å². The van der Waals surface area contributed by atoms with Gasteiger partial charge in [-0.2, -0.15) is 0 Å². The molecule has 2 heterocycles. The Morgan fingerprint density at radius 1 is 1.44 bits per heavy atom. The fourth-order valence-corrected chi connectivity index (χ4v) is 2.96. The van der Waals surface area contributed by atoms with Crippen molar-refractivity contribution in [3.8, 4) is 0 Å². The van der Waals surface area contributed by atoms with Crippen molar-refractivity contribution in [2.45, 2.75) is 32.1 Å². The van der Waals surface area contributed by atoms with E-state index in [1.54, 1.807) is 0 Å². The highest BCUT2D eigenvalue weighted by atomic mass is 15.1. The third-order valence-corrected chi connectivity index (χ3v) is 4.08. The van der Waals surface area contributed by atoms with E-state index < -0.39 is 0 Å². The molecule has 0 amide bonds. The first-order chi connectivity index (χ1) is 8.79. The molecule has 1 unspecified atom stereocenters. The Labute approximate surface area is 108 Å². The highest BCUT2D eigenvalue weighted by Crippen LogP contribution is 2.26. The fraction of sp³-hybridized carbons (Fsp3) is 0.533. The topological polar surface area (TPSA) is 29.9 Å². The summed E-state index contributed by atoms with van der Waals surface area (Å²) in [6.45, 7) is 4.45. The average Bonchev–Trinajstić information content (AvgIpc) is 2.76. The van der Waals surface area contributed by atoms with Gasteiger partial charge in [0.2, 0.25) is 0 Å². The highest BCUT2D eigenvalue weighted by molar-refractivity contribution is 5.77. The van der Waals surface area contributed by atoms with Crippen molar-refractivity contribution in [2.24, 2.45) is 7.05 Å². The summed E-state index contributed by atoms with van der Waals surface area (Å²) in [7, 11) is 2.12. The van der Waals surface area contributed by atoms with Gasteiger partial charge >= 0.3 is 0 Å². The SMILES string of the molecule is CCc1nc2ccc(C3CCCNC3)cc2n1C. The first kappa shape index (κ1) is 11.7. The number of benzene rings is 1. The minimum Gasteiger partial charge on any atom is -0.331 e. The largest absolute Gasteiger partial charge is 0.331 e. The fourth-order valence-electron chi connectivity index (χ4n) is 2.96. The lowest BCUT2D eigenvalue weighted by Crippen LogP contribution is -2.28. The van der Waals surface area contributed by atoms with E-state index in [4.69, 9.17) is 0 Å².